The Balaban J connectivity index is 1.68. The van der Waals surface area contributed by atoms with E-state index in [0.717, 1.165) is 11.3 Å². The Bertz CT molecular complexity index is 726. The highest BCUT2D eigenvalue weighted by Gasteiger charge is 2.31. The first-order valence-corrected chi connectivity index (χ1v) is 9.75. The fourth-order valence-corrected chi connectivity index (χ4v) is 5.08. The van der Waals surface area contributed by atoms with Crippen molar-refractivity contribution in [3.05, 3.63) is 46.7 Å². The van der Waals surface area contributed by atoms with E-state index in [4.69, 9.17) is 9.47 Å². The van der Waals surface area contributed by atoms with Crippen LogP contribution in [0.2, 0.25) is 0 Å². The molecule has 0 radical (unpaired) electrons. The Kier molecular flexibility index (Phi) is 5.01. The molecule has 2 aromatic rings. The van der Waals surface area contributed by atoms with Gasteiger partial charge in [-0.15, -0.1) is 0 Å². The van der Waals surface area contributed by atoms with Crippen molar-refractivity contribution in [1.29, 1.82) is 0 Å². The van der Waals surface area contributed by atoms with Gasteiger partial charge in [-0.3, -0.25) is 0 Å². The molecular formula is C16H19NO4S2. The molecular weight excluding hydrogens is 334 g/mol. The van der Waals surface area contributed by atoms with E-state index in [9.17, 15) is 8.42 Å². The molecule has 7 heteroatoms. The monoisotopic (exact) mass is 353 g/mol. The molecule has 1 aliphatic heterocycles. The van der Waals surface area contributed by atoms with Crippen LogP contribution < -0.4 is 4.74 Å². The lowest BCUT2D eigenvalue weighted by Gasteiger charge is -2.32. The Morgan fingerprint density at radius 1 is 1.30 bits per heavy atom. The molecule has 0 aliphatic carbocycles. The van der Waals surface area contributed by atoms with Crippen molar-refractivity contribution >= 4 is 21.4 Å². The van der Waals surface area contributed by atoms with Crippen LogP contribution in [0.5, 0.6) is 5.75 Å². The summed E-state index contributed by atoms with van der Waals surface area (Å²) in [6.45, 7) is 1.20. The molecule has 1 fully saturated rings. The predicted molar refractivity (Wildman–Crippen MR) is 89.5 cm³/mol. The highest BCUT2D eigenvalue weighted by molar-refractivity contribution is 7.89. The standard InChI is InChI=1S/C16H19NO4S2/c1-20-14-4-2-13(3-5-14)10-15-11-17(7-8-21-15)23(18,19)16-6-9-22-12-16/h2-6,9,12,15H,7-8,10-11H2,1H3/t15-/m1/s1. The molecule has 0 unspecified atom stereocenters. The Morgan fingerprint density at radius 3 is 2.74 bits per heavy atom. The molecule has 5 nitrogen and oxygen atoms in total. The van der Waals surface area contributed by atoms with Crippen LogP contribution in [0.3, 0.4) is 0 Å². The highest BCUT2D eigenvalue weighted by atomic mass is 32.2. The molecule has 2 heterocycles. The second kappa shape index (κ2) is 7.00. The fourth-order valence-electron chi connectivity index (χ4n) is 2.61. The first-order valence-electron chi connectivity index (χ1n) is 7.36. The fraction of sp³-hybridized carbons (Fsp3) is 0.375. The molecule has 0 bridgehead atoms. The number of sulfonamides is 1. The van der Waals surface area contributed by atoms with Crippen molar-refractivity contribution in [3.63, 3.8) is 0 Å². The van der Waals surface area contributed by atoms with Crippen LogP contribution in [0, 0.1) is 0 Å². The van der Waals surface area contributed by atoms with Crippen LogP contribution in [0.1, 0.15) is 5.56 Å². The Labute approximate surface area is 140 Å². The van der Waals surface area contributed by atoms with E-state index in [1.54, 1.807) is 23.9 Å². The van der Waals surface area contributed by atoms with Crippen molar-refractivity contribution < 1.29 is 17.9 Å². The number of nitrogens with zero attached hydrogens (tertiary/aromatic N) is 1. The second-order valence-corrected chi connectivity index (χ2v) is 8.09. The number of rotatable bonds is 5. The molecule has 1 saturated heterocycles. The van der Waals surface area contributed by atoms with Crippen LogP contribution in [-0.4, -0.2) is 45.6 Å². The molecule has 3 rings (SSSR count). The van der Waals surface area contributed by atoms with Gasteiger partial charge in [0, 0.05) is 18.5 Å². The summed E-state index contributed by atoms with van der Waals surface area (Å²) in [7, 11) is -1.78. The number of thiophene rings is 1. The molecule has 0 N–H and O–H groups in total. The van der Waals surface area contributed by atoms with Gasteiger partial charge < -0.3 is 9.47 Å². The quantitative estimate of drug-likeness (QED) is 0.828. The number of hydrogen-bond donors (Lipinski definition) is 0. The van der Waals surface area contributed by atoms with Crippen LogP contribution in [-0.2, 0) is 21.2 Å². The maximum Gasteiger partial charge on any atom is 0.244 e. The average molecular weight is 353 g/mol. The molecule has 1 aromatic heterocycles. The molecule has 0 amide bonds. The zero-order chi connectivity index (χ0) is 16.3. The normalized spacial score (nSPS) is 19.6. The van der Waals surface area contributed by atoms with Crippen LogP contribution >= 0.6 is 11.3 Å². The lowest BCUT2D eigenvalue weighted by atomic mass is 10.1. The summed E-state index contributed by atoms with van der Waals surface area (Å²) in [5.74, 6) is 0.806. The third kappa shape index (κ3) is 3.74. The van der Waals surface area contributed by atoms with Gasteiger partial charge in [-0.25, -0.2) is 8.42 Å². The third-order valence-electron chi connectivity index (χ3n) is 3.86. The SMILES string of the molecule is COc1ccc(C[C@@H]2CN(S(=O)(=O)c3ccsc3)CCO2)cc1. The maximum absolute atomic E-state index is 12.6. The molecule has 23 heavy (non-hydrogen) atoms. The van der Waals surface area contributed by atoms with Gasteiger partial charge in [-0.05, 0) is 35.6 Å². The van der Waals surface area contributed by atoms with Crippen molar-refractivity contribution in [1.82, 2.24) is 4.31 Å². The average Bonchev–Trinajstić information content (AvgIpc) is 3.11. The summed E-state index contributed by atoms with van der Waals surface area (Å²) < 4.78 is 37.6. The van der Waals surface area contributed by atoms with Crippen LogP contribution in [0.15, 0.2) is 46.0 Å². The van der Waals surface area contributed by atoms with E-state index < -0.39 is 10.0 Å². The van der Waals surface area contributed by atoms with E-state index in [2.05, 4.69) is 0 Å². The van der Waals surface area contributed by atoms with Gasteiger partial charge in [0.25, 0.3) is 0 Å². The topological polar surface area (TPSA) is 55.8 Å². The van der Waals surface area contributed by atoms with Crippen LogP contribution in [0.25, 0.3) is 0 Å². The van der Waals surface area contributed by atoms with Crippen molar-refractivity contribution in [3.8, 4) is 5.75 Å². The summed E-state index contributed by atoms with van der Waals surface area (Å²) in [5.41, 5.74) is 1.10. The summed E-state index contributed by atoms with van der Waals surface area (Å²) in [6, 6.07) is 9.41. The second-order valence-electron chi connectivity index (χ2n) is 5.37. The number of ether oxygens (including phenoxy) is 2. The van der Waals surface area contributed by atoms with Gasteiger partial charge in [-0.2, -0.15) is 15.6 Å². The smallest absolute Gasteiger partial charge is 0.244 e. The van der Waals surface area contributed by atoms with E-state index in [1.165, 1.54) is 15.6 Å². The first-order chi connectivity index (χ1) is 11.1. The summed E-state index contributed by atoms with van der Waals surface area (Å²) in [5, 5.41) is 3.45. The van der Waals surface area contributed by atoms with Gasteiger partial charge in [0.05, 0.1) is 24.7 Å². The summed E-state index contributed by atoms with van der Waals surface area (Å²) >= 11 is 1.39. The van der Waals surface area contributed by atoms with Gasteiger partial charge in [-0.1, -0.05) is 12.1 Å². The van der Waals surface area contributed by atoms with E-state index in [1.807, 2.05) is 24.3 Å². The molecule has 1 aromatic carbocycles. The Hall–Kier alpha value is -1.41. The predicted octanol–water partition coefficient (Wildman–Crippen LogP) is 2.39. The number of morpholine rings is 1. The van der Waals surface area contributed by atoms with Crippen molar-refractivity contribution in [2.24, 2.45) is 0 Å². The van der Waals surface area contributed by atoms with E-state index in [0.29, 0.717) is 31.0 Å². The highest BCUT2D eigenvalue weighted by Crippen LogP contribution is 2.22. The lowest BCUT2D eigenvalue weighted by molar-refractivity contribution is -0.000493. The first kappa shape index (κ1) is 16.4. The summed E-state index contributed by atoms with van der Waals surface area (Å²) in [6.07, 6.45) is 0.546. The summed E-state index contributed by atoms with van der Waals surface area (Å²) in [4.78, 5) is 0.368. The van der Waals surface area contributed by atoms with Gasteiger partial charge in [0.2, 0.25) is 10.0 Å². The molecule has 0 spiro atoms. The minimum atomic E-state index is -3.41. The molecule has 124 valence electrons. The number of hydrogen-bond acceptors (Lipinski definition) is 5. The van der Waals surface area contributed by atoms with Crippen molar-refractivity contribution in [2.45, 2.75) is 17.4 Å². The number of methoxy groups -OCH3 is 1. The van der Waals surface area contributed by atoms with Gasteiger partial charge in [0.1, 0.15) is 5.75 Å². The Morgan fingerprint density at radius 2 is 2.09 bits per heavy atom. The zero-order valence-electron chi connectivity index (χ0n) is 12.8. The van der Waals surface area contributed by atoms with Gasteiger partial charge in [0.15, 0.2) is 0 Å². The molecule has 0 saturated carbocycles. The molecule has 1 atom stereocenters. The maximum atomic E-state index is 12.6. The zero-order valence-corrected chi connectivity index (χ0v) is 14.5. The molecule has 1 aliphatic rings. The largest absolute Gasteiger partial charge is 0.497 e. The van der Waals surface area contributed by atoms with Crippen LogP contribution in [0.4, 0.5) is 0 Å². The van der Waals surface area contributed by atoms with Gasteiger partial charge >= 0.3 is 0 Å². The van der Waals surface area contributed by atoms with E-state index >= 15 is 0 Å². The third-order valence-corrected chi connectivity index (χ3v) is 6.55. The lowest BCUT2D eigenvalue weighted by Crippen LogP contribution is -2.46. The minimum Gasteiger partial charge on any atom is -0.497 e. The number of benzene rings is 1. The minimum absolute atomic E-state index is 0.134. The van der Waals surface area contributed by atoms with Crippen molar-refractivity contribution in [2.75, 3.05) is 26.8 Å². The van der Waals surface area contributed by atoms with E-state index in [-0.39, 0.29) is 6.10 Å².